The van der Waals surface area contributed by atoms with Crippen LogP contribution in [0.25, 0.3) is 0 Å². The minimum absolute atomic E-state index is 0.0684. The third-order valence-electron chi connectivity index (χ3n) is 5.52. The van der Waals surface area contributed by atoms with Crippen LogP contribution in [0.4, 0.5) is 17.1 Å². The second kappa shape index (κ2) is 9.18. The monoisotopic (exact) mass is 415 g/mol. The molecule has 0 bridgehead atoms. The normalized spacial score (nSPS) is 20.2. The van der Waals surface area contributed by atoms with Crippen LogP contribution in [0.5, 0.6) is 0 Å². The molecule has 29 heavy (non-hydrogen) atoms. The first-order valence-corrected chi connectivity index (χ1v) is 11.9. The van der Waals surface area contributed by atoms with E-state index in [2.05, 4.69) is 39.6 Å². The van der Waals surface area contributed by atoms with E-state index < -0.39 is 14.8 Å². The van der Waals surface area contributed by atoms with Gasteiger partial charge in [-0.25, -0.2) is 13.1 Å². The van der Waals surface area contributed by atoms with Crippen LogP contribution in [0.2, 0.25) is 0 Å². The Morgan fingerprint density at radius 3 is 1.97 bits per heavy atom. The van der Waals surface area contributed by atoms with E-state index in [9.17, 15) is 8.42 Å². The molecule has 0 aromatic heterocycles. The molecule has 1 aliphatic rings. The van der Waals surface area contributed by atoms with Crippen molar-refractivity contribution in [3.63, 3.8) is 0 Å². The number of benzene rings is 2. The molecule has 0 spiro atoms. The van der Waals surface area contributed by atoms with E-state index in [0.717, 1.165) is 49.3 Å². The van der Waals surface area contributed by atoms with Gasteiger partial charge in [-0.3, -0.25) is 0 Å². The topological polar surface area (TPSA) is 70.2 Å². The molecular weight excluding hydrogens is 382 g/mol. The summed E-state index contributed by atoms with van der Waals surface area (Å²) in [5, 5.41) is 6.91. The molecule has 5 nitrogen and oxygen atoms in total. The molecule has 2 aromatic rings. The largest absolute Gasteiger partial charge is 0.385 e. The van der Waals surface area contributed by atoms with Gasteiger partial charge in [0.15, 0.2) is 0 Å². The molecule has 0 atom stereocenters. The minimum atomic E-state index is -3.27. The Morgan fingerprint density at radius 2 is 1.38 bits per heavy atom. The third-order valence-corrected chi connectivity index (χ3v) is 7.77. The minimum Gasteiger partial charge on any atom is -0.385 e. The van der Waals surface area contributed by atoms with E-state index in [1.807, 2.05) is 30.3 Å². The standard InChI is InChI=1S/C23H33N3O2S/c1-23(2,3)29(27,28)26-22-11-9-18(10-12-22)17-24-19-13-15-21(16-14-19)25-20-7-5-4-6-8-20/h4-8,13-16,18,22,24-26H,9-12,17H2,1-3H3. The van der Waals surface area contributed by atoms with Crippen molar-refractivity contribution in [2.24, 2.45) is 5.92 Å². The Balaban J connectivity index is 1.42. The first kappa shape index (κ1) is 21.7. The van der Waals surface area contributed by atoms with Crippen molar-refractivity contribution in [1.29, 1.82) is 0 Å². The number of sulfonamides is 1. The highest BCUT2D eigenvalue weighted by atomic mass is 32.2. The molecule has 2 aromatic carbocycles. The summed E-state index contributed by atoms with van der Waals surface area (Å²) in [7, 11) is -3.27. The highest BCUT2D eigenvalue weighted by Crippen LogP contribution is 2.27. The molecule has 0 radical (unpaired) electrons. The highest BCUT2D eigenvalue weighted by Gasteiger charge is 2.32. The van der Waals surface area contributed by atoms with Crippen LogP contribution in [0.3, 0.4) is 0 Å². The van der Waals surface area contributed by atoms with Crippen LogP contribution in [-0.4, -0.2) is 25.8 Å². The van der Waals surface area contributed by atoms with Gasteiger partial charge in [0.1, 0.15) is 0 Å². The lowest BCUT2D eigenvalue weighted by molar-refractivity contribution is 0.322. The lowest BCUT2D eigenvalue weighted by Gasteiger charge is -2.31. The van der Waals surface area contributed by atoms with Crippen molar-refractivity contribution < 1.29 is 8.42 Å². The fourth-order valence-electron chi connectivity index (χ4n) is 3.50. The average molecular weight is 416 g/mol. The van der Waals surface area contributed by atoms with Gasteiger partial charge in [0.2, 0.25) is 10.0 Å². The zero-order valence-corrected chi connectivity index (χ0v) is 18.4. The number of rotatable bonds is 7. The molecule has 0 saturated heterocycles. The van der Waals surface area contributed by atoms with Crippen LogP contribution in [0.1, 0.15) is 46.5 Å². The Morgan fingerprint density at radius 1 is 0.828 bits per heavy atom. The Labute approximate surface area is 175 Å². The lowest BCUT2D eigenvalue weighted by atomic mass is 9.86. The second-order valence-corrected chi connectivity index (χ2v) is 11.4. The maximum Gasteiger partial charge on any atom is 0.216 e. The smallest absolute Gasteiger partial charge is 0.216 e. The summed E-state index contributed by atoms with van der Waals surface area (Å²) in [5.74, 6) is 0.576. The maximum absolute atomic E-state index is 12.3. The fourth-order valence-corrected chi connectivity index (χ4v) is 4.53. The Hall–Kier alpha value is -2.05. The van der Waals surface area contributed by atoms with Crippen LogP contribution < -0.4 is 15.4 Å². The summed E-state index contributed by atoms with van der Waals surface area (Å²) in [5.41, 5.74) is 3.25. The zero-order valence-electron chi connectivity index (χ0n) is 17.6. The molecule has 1 fully saturated rings. The van der Waals surface area contributed by atoms with Crippen LogP contribution in [-0.2, 0) is 10.0 Å². The van der Waals surface area contributed by atoms with Gasteiger partial charge in [-0.05, 0) is 88.8 Å². The van der Waals surface area contributed by atoms with Crippen molar-refractivity contribution in [1.82, 2.24) is 4.72 Å². The number of nitrogens with one attached hydrogen (secondary N) is 3. The quantitative estimate of drug-likeness (QED) is 0.587. The predicted molar refractivity (Wildman–Crippen MR) is 122 cm³/mol. The summed E-state index contributed by atoms with van der Waals surface area (Å²) in [4.78, 5) is 0. The average Bonchev–Trinajstić information content (AvgIpc) is 2.68. The molecule has 158 valence electrons. The number of para-hydroxylation sites is 1. The van der Waals surface area contributed by atoms with E-state index in [4.69, 9.17) is 0 Å². The molecule has 3 N–H and O–H groups in total. The van der Waals surface area contributed by atoms with Crippen molar-refractivity contribution in [3.05, 3.63) is 54.6 Å². The van der Waals surface area contributed by atoms with E-state index in [1.165, 1.54) is 0 Å². The summed E-state index contributed by atoms with van der Waals surface area (Å²) in [6.07, 6.45) is 3.89. The van der Waals surface area contributed by atoms with Crippen LogP contribution in [0, 0.1) is 5.92 Å². The van der Waals surface area contributed by atoms with Crippen molar-refractivity contribution >= 4 is 27.1 Å². The first-order chi connectivity index (χ1) is 13.7. The molecule has 1 saturated carbocycles. The Kier molecular flexibility index (Phi) is 6.85. The number of hydrogen-bond donors (Lipinski definition) is 3. The predicted octanol–water partition coefficient (Wildman–Crippen LogP) is 5.12. The summed E-state index contributed by atoms with van der Waals surface area (Å²) >= 11 is 0. The van der Waals surface area contributed by atoms with Gasteiger partial charge >= 0.3 is 0 Å². The Bertz CT molecular complexity index is 867. The van der Waals surface area contributed by atoms with Gasteiger partial charge in [0.05, 0.1) is 4.75 Å². The maximum atomic E-state index is 12.3. The number of hydrogen-bond acceptors (Lipinski definition) is 4. The van der Waals surface area contributed by atoms with Gasteiger partial charge in [-0.1, -0.05) is 18.2 Å². The van der Waals surface area contributed by atoms with Crippen LogP contribution >= 0.6 is 0 Å². The molecule has 0 heterocycles. The molecule has 0 unspecified atom stereocenters. The van der Waals surface area contributed by atoms with E-state index in [1.54, 1.807) is 20.8 Å². The highest BCUT2D eigenvalue weighted by molar-refractivity contribution is 7.90. The third kappa shape index (κ3) is 6.21. The van der Waals surface area contributed by atoms with Gasteiger partial charge in [0, 0.05) is 29.6 Å². The summed E-state index contributed by atoms with van der Waals surface area (Å²) < 4.78 is 26.8. The molecule has 1 aliphatic carbocycles. The van der Waals surface area contributed by atoms with Gasteiger partial charge < -0.3 is 10.6 Å². The van der Waals surface area contributed by atoms with Crippen molar-refractivity contribution in [2.75, 3.05) is 17.2 Å². The van der Waals surface area contributed by atoms with E-state index in [0.29, 0.717) is 5.92 Å². The second-order valence-electron chi connectivity index (χ2n) is 8.90. The van der Waals surface area contributed by atoms with Crippen molar-refractivity contribution in [2.45, 2.75) is 57.2 Å². The van der Waals surface area contributed by atoms with Crippen LogP contribution in [0.15, 0.2) is 54.6 Å². The van der Waals surface area contributed by atoms with Gasteiger partial charge in [-0.2, -0.15) is 0 Å². The SMILES string of the molecule is CC(C)(C)S(=O)(=O)NC1CCC(CNc2ccc(Nc3ccccc3)cc2)CC1. The molecule has 6 heteroatoms. The molecule has 0 aliphatic heterocycles. The van der Waals surface area contributed by atoms with Gasteiger partial charge in [0.25, 0.3) is 0 Å². The van der Waals surface area contributed by atoms with E-state index >= 15 is 0 Å². The van der Waals surface area contributed by atoms with E-state index in [-0.39, 0.29) is 6.04 Å². The first-order valence-electron chi connectivity index (χ1n) is 10.4. The molecule has 0 amide bonds. The molecular formula is C23H33N3O2S. The fraction of sp³-hybridized carbons (Fsp3) is 0.478. The summed E-state index contributed by atoms with van der Waals surface area (Å²) in [6.45, 7) is 6.15. The van der Waals surface area contributed by atoms with Crippen molar-refractivity contribution in [3.8, 4) is 0 Å². The zero-order chi connectivity index (χ0) is 20.9. The summed E-state index contributed by atoms with van der Waals surface area (Å²) in [6, 6.07) is 18.5. The molecule has 3 rings (SSSR count). The number of anilines is 3. The lowest BCUT2D eigenvalue weighted by Crippen LogP contribution is -2.46. The van der Waals surface area contributed by atoms with Gasteiger partial charge in [-0.15, -0.1) is 0 Å².